The molecule has 0 aliphatic carbocycles. The summed E-state index contributed by atoms with van der Waals surface area (Å²) >= 11 is 0. The molecule has 0 fully saturated rings. The Kier molecular flexibility index (Phi) is 4.42. The zero-order valence-electron chi connectivity index (χ0n) is 13.6. The van der Waals surface area contributed by atoms with Crippen LogP contribution in [0.25, 0.3) is 5.69 Å². The average Bonchev–Trinajstić information content (AvgIpc) is 3.11. The van der Waals surface area contributed by atoms with E-state index < -0.39 is 0 Å². The highest BCUT2D eigenvalue weighted by Crippen LogP contribution is 2.23. The van der Waals surface area contributed by atoms with Crippen molar-refractivity contribution >= 4 is 5.91 Å². The molecule has 2 aromatic carbocycles. The second-order valence-electron chi connectivity index (χ2n) is 5.59. The van der Waals surface area contributed by atoms with Crippen LogP contribution in [0.1, 0.15) is 29.0 Å². The summed E-state index contributed by atoms with van der Waals surface area (Å²) in [5.74, 6) is -0.570. The van der Waals surface area contributed by atoms with Gasteiger partial charge in [-0.25, -0.2) is 9.07 Å². The van der Waals surface area contributed by atoms with Gasteiger partial charge in [0.15, 0.2) is 5.69 Å². The van der Waals surface area contributed by atoms with Crippen molar-refractivity contribution in [3.63, 3.8) is 0 Å². The number of para-hydroxylation sites is 1. The first-order chi connectivity index (χ1) is 11.6. The maximum atomic E-state index is 13.9. The summed E-state index contributed by atoms with van der Waals surface area (Å²) in [4.78, 5) is 14.1. The van der Waals surface area contributed by atoms with Crippen LogP contribution in [0.5, 0.6) is 0 Å². The zero-order valence-corrected chi connectivity index (χ0v) is 13.6. The van der Waals surface area contributed by atoms with Gasteiger partial charge < -0.3 is 4.90 Å². The quantitative estimate of drug-likeness (QED) is 0.731. The number of rotatable bonds is 4. The normalized spacial score (nSPS) is 12.0. The van der Waals surface area contributed by atoms with Crippen molar-refractivity contribution in [3.05, 3.63) is 83.9 Å². The zero-order chi connectivity index (χ0) is 17.1. The number of hydrogen-bond acceptors (Lipinski definition) is 2. The molecule has 3 rings (SSSR count). The average molecular weight is 323 g/mol. The van der Waals surface area contributed by atoms with Crippen molar-refractivity contribution in [2.24, 2.45) is 0 Å². The van der Waals surface area contributed by atoms with Gasteiger partial charge in [0.2, 0.25) is 0 Å². The molecule has 1 unspecified atom stereocenters. The van der Waals surface area contributed by atoms with E-state index in [1.54, 1.807) is 49.1 Å². The molecule has 1 atom stereocenters. The molecule has 1 amide bonds. The van der Waals surface area contributed by atoms with Crippen LogP contribution in [0, 0.1) is 5.82 Å². The Bertz CT molecular complexity index is 845. The fourth-order valence-corrected chi connectivity index (χ4v) is 2.54. The standard InChI is InChI=1S/C19H18FN3O/c1-14(16-10-6-7-11-17(16)20)22(2)19(24)18-12-13-23(21-18)15-8-4-3-5-9-15/h3-14H,1-2H3. The number of halogens is 1. The van der Waals surface area contributed by atoms with E-state index in [4.69, 9.17) is 0 Å². The van der Waals surface area contributed by atoms with E-state index in [-0.39, 0.29) is 17.8 Å². The highest BCUT2D eigenvalue weighted by atomic mass is 19.1. The van der Waals surface area contributed by atoms with Crippen molar-refractivity contribution in [1.82, 2.24) is 14.7 Å². The number of benzene rings is 2. The molecule has 0 spiro atoms. The molecule has 0 saturated carbocycles. The van der Waals surface area contributed by atoms with Gasteiger partial charge in [-0.2, -0.15) is 5.10 Å². The second kappa shape index (κ2) is 6.66. The van der Waals surface area contributed by atoms with Crippen LogP contribution in [0.15, 0.2) is 66.9 Å². The third-order valence-corrected chi connectivity index (χ3v) is 4.09. The predicted molar refractivity (Wildman–Crippen MR) is 90.5 cm³/mol. The molecule has 0 radical (unpaired) electrons. The van der Waals surface area contributed by atoms with Crippen LogP contribution in [0.2, 0.25) is 0 Å². The summed E-state index contributed by atoms with van der Waals surface area (Å²) in [5, 5.41) is 4.33. The van der Waals surface area contributed by atoms with Gasteiger partial charge in [0, 0.05) is 18.8 Å². The first kappa shape index (κ1) is 15.9. The third kappa shape index (κ3) is 3.06. The Morgan fingerprint density at radius 2 is 1.75 bits per heavy atom. The molecule has 24 heavy (non-hydrogen) atoms. The van der Waals surface area contributed by atoms with Gasteiger partial charge in [0.1, 0.15) is 5.82 Å². The Hall–Kier alpha value is -2.95. The Labute approximate surface area is 140 Å². The van der Waals surface area contributed by atoms with Gasteiger partial charge in [-0.1, -0.05) is 36.4 Å². The third-order valence-electron chi connectivity index (χ3n) is 4.09. The highest BCUT2D eigenvalue weighted by molar-refractivity contribution is 5.92. The topological polar surface area (TPSA) is 38.1 Å². The first-order valence-electron chi connectivity index (χ1n) is 7.70. The minimum Gasteiger partial charge on any atom is -0.333 e. The van der Waals surface area contributed by atoms with E-state index in [1.807, 2.05) is 30.3 Å². The number of nitrogens with zero attached hydrogens (tertiary/aromatic N) is 3. The monoisotopic (exact) mass is 323 g/mol. The van der Waals surface area contributed by atoms with Crippen molar-refractivity contribution in [2.45, 2.75) is 13.0 Å². The van der Waals surface area contributed by atoms with Crippen LogP contribution in [0.3, 0.4) is 0 Å². The van der Waals surface area contributed by atoms with E-state index in [1.165, 1.54) is 11.0 Å². The van der Waals surface area contributed by atoms with Crippen LogP contribution >= 0.6 is 0 Å². The maximum absolute atomic E-state index is 13.9. The van der Waals surface area contributed by atoms with Crippen LogP contribution in [0.4, 0.5) is 4.39 Å². The van der Waals surface area contributed by atoms with Gasteiger partial charge in [-0.05, 0) is 31.2 Å². The van der Waals surface area contributed by atoms with Crippen molar-refractivity contribution in [1.29, 1.82) is 0 Å². The summed E-state index contributed by atoms with van der Waals surface area (Å²) < 4.78 is 15.6. The minimum atomic E-state index is -0.388. The summed E-state index contributed by atoms with van der Waals surface area (Å²) in [7, 11) is 1.65. The molecule has 1 heterocycles. The highest BCUT2D eigenvalue weighted by Gasteiger charge is 2.22. The fourth-order valence-electron chi connectivity index (χ4n) is 2.54. The van der Waals surface area contributed by atoms with Gasteiger partial charge in [0.25, 0.3) is 5.91 Å². The van der Waals surface area contributed by atoms with E-state index >= 15 is 0 Å². The fraction of sp³-hybridized carbons (Fsp3) is 0.158. The SMILES string of the molecule is CC(c1ccccc1F)N(C)C(=O)c1ccn(-c2ccccc2)n1. The second-order valence-corrected chi connectivity index (χ2v) is 5.59. The van der Waals surface area contributed by atoms with E-state index in [2.05, 4.69) is 5.10 Å². The molecule has 0 aliphatic heterocycles. The lowest BCUT2D eigenvalue weighted by molar-refractivity contribution is 0.0734. The summed E-state index contributed by atoms with van der Waals surface area (Å²) in [5.41, 5.74) is 1.68. The lowest BCUT2D eigenvalue weighted by atomic mass is 10.1. The summed E-state index contributed by atoms with van der Waals surface area (Å²) in [6, 6.07) is 17.3. The van der Waals surface area contributed by atoms with E-state index in [0.29, 0.717) is 11.3 Å². The maximum Gasteiger partial charge on any atom is 0.274 e. The number of carbonyl (C=O) groups excluding carboxylic acids is 1. The lowest BCUT2D eigenvalue weighted by Crippen LogP contribution is -2.30. The summed E-state index contributed by atoms with van der Waals surface area (Å²) in [6.07, 6.45) is 1.74. The number of hydrogen-bond donors (Lipinski definition) is 0. The van der Waals surface area contributed by atoms with Gasteiger partial charge in [0.05, 0.1) is 11.7 Å². The van der Waals surface area contributed by atoms with Crippen LogP contribution in [-0.2, 0) is 0 Å². The molecular weight excluding hydrogens is 305 g/mol. The molecular formula is C19H18FN3O. The van der Waals surface area contributed by atoms with Crippen molar-refractivity contribution in [3.8, 4) is 5.69 Å². The van der Waals surface area contributed by atoms with Gasteiger partial charge in [-0.15, -0.1) is 0 Å². The van der Waals surface area contributed by atoms with E-state index in [0.717, 1.165) is 5.69 Å². The molecule has 0 saturated heterocycles. The Morgan fingerprint density at radius 1 is 1.08 bits per heavy atom. The Balaban J connectivity index is 1.82. The molecule has 3 aromatic rings. The van der Waals surface area contributed by atoms with Crippen LogP contribution < -0.4 is 0 Å². The molecule has 5 heteroatoms. The molecule has 1 aromatic heterocycles. The van der Waals surface area contributed by atoms with E-state index in [9.17, 15) is 9.18 Å². The van der Waals surface area contributed by atoms with Crippen molar-refractivity contribution in [2.75, 3.05) is 7.05 Å². The molecule has 122 valence electrons. The first-order valence-corrected chi connectivity index (χ1v) is 7.70. The number of amides is 1. The van der Waals surface area contributed by atoms with Gasteiger partial charge >= 0.3 is 0 Å². The lowest BCUT2D eigenvalue weighted by Gasteiger charge is -2.24. The largest absolute Gasteiger partial charge is 0.333 e. The van der Waals surface area contributed by atoms with Crippen molar-refractivity contribution < 1.29 is 9.18 Å². The molecule has 0 N–H and O–H groups in total. The number of aromatic nitrogens is 2. The smallest absolute Gasteiger partial charge is 0.274 e. The minimum absolute atomic E-state index is 0.250. The molecule has 0 aliphatic rings. The molecule has 0 bridgehead atoms. The molecule has 4 nitrogen and oxygen atoms in total. The van der Waals surface area contributed by atoms with Crippen LogP contribution in [-0.4, -0.2) is 27.6 Å². The summed E-state index contributed by atoms with van der Waals surface area (Å²) in [6.45, 7) is 1.80. The predicted octanol–water partition coefficient (Wildman–Crippen LogP) is 3.84. The number of carbonyl (C=O) groups is 1. The van der Waals surface area contributed by atoms with Gasteiger partial charge in [-0.3, -0.25) is 4.79 Å². The Morgan fingerprint density at radius 3 is 2.46 bits per heavy atom.